The molecule has 2 rings (SSSR count). The Morgan fingerprint density at radius 2 is 2.16 bits per heavy atom. The first-order valence-electron chi connectivity index (χ1n) is 5.37. The van der Waals surface area contributed by atoms with Crippen LogP contribution in [0, 0.1) is 0 Å². The maximum atomic E-state index is 11.5. The molecule has 98 valence electrons. The van der Waals surface area contributed by atoms with E-state index in [0.717, 1.165) is 0 Å². The summed E-state index contributed by atoms with van der Waals surface area (Å²) in [5, 5.41) is 0.354. The Kier molecular flexibility index (Phi) is 3.52. The standard InChI is InChI=1S/C12H11ClN4O2/c13-9-4-16-12(19)17(6-9)5-8-2-1-7(11(15)18)3-10(8)14/h1-4,6H,5,14H2,(H2,15,18). The van der Waals surface area contributed by atoms with Crippen molar-refractivity contribution in [1.29, 1.82) is 0 Å². The molecule has 0 aliphatic rings. The fraction of sp³-hybridized carbons (Fsp3) is 0.0833. The van der Waals surface area contributed by atoms with E-state index in [1.807, 2.05) is 0 Å². The molecule has 0 atom stereocenters. The van der Waals surface area contributed by atoms with Gasteiger partial charge in [-0.25, -0.2) is 9.78 Å². The van der Waals surface area contributed by atoms with Crippen LogP contribution in [0.3, 0.4) is 0 Å². The zero-order chi connectivity index (χ0) is 14.0. The van der Waals surface area contributed by atoms with Gasteiger partial charge in [-0.2, -0.15) is 0 Å². The third-order valence-electron chi connectivity index (χ3n) is 2.59. The summed E-state index contributed by atoms with van der Waals surface area (Å²) in [5.41, 5.74) is 11.9. The number of anilines is 1. The second kappa shape index (κ2) is 5.11. The number of carbonyl (C=O) groups is 1. The average Bonchev–Trinajstić information content (AvgIpc) is 2.36. The molecule has 0 radical (unpaired) electrons. The highest BCUT2D eigenvalue weighted by atomic mass is 35.5. The number of hydrogen-bond acceptors (Lipinski definition) is 4. The Balaban J connectivity index is 2.36. The lowest BCUT2D eigenvalue weighted by atomic mass is 10.1. The van der Waals surface area contributed by atoms with Crippen LogP contribution in [0.2, 0.25) is 5.02 Å². The number of hydrogen-bond donors (Lipinski definition) is 2. The molecule has 0 spiro atoms. The van der Waals surface area contributed by atoms with Gasteiger partial charge < -0.3 is 11.5 Å². The molecule has 1 amide bonds. The predicted molar refractivity (Wildman–Crippen MR) is 72.0 cm³/mol. The van der Waals surface area contributed by atoms with E-state index in [4.69, 9.17) is 23.1 Å². The van der Waals surface area contributed by atoms with Crippen molar-refractivity contribution in [2.24, 2.45) is 5.73 Å². The third-order valence-corrected chi connectivity index (χ3v) is 2.79. The van der Waals surface area contributed by atoms with Gasteiger partial charge >= 0.3 is 5.69 Å². The van der Waals surface area contributed by atoms with E-state index in [1.165, 1.54) is 23.0 Å². The lowest BCUT2D eigenvalue weighted by molar-refractivity contribution is 0.100. The molecule has 0 saturated carbocycles. The summed E-state index contributed by atoms with van der Waals surface area (Å²) >= 11 is 5.77. The van der Waals surface area contributed by atoms with Crippen molar-refractivity contribution in [3.8, 4) is 0 Å². The highest BCUT2D eigenvalue weighted by molar-refractivity contribution is 6.30. The van der Waals surface area contributed by atoms with E-state index in [-0.39, 0.29) is 6.54 Å². The first-order valence-corrected chi connectivity index (χ1v) is 5.75. The maximum Gasteiger partial charge on any atom is 0.347 e. The molecular weight excluding hydrogens is 268 g/mol. The second-order valence-electron chi connectivity index (χ2n) is 3.96. The van der Waals surface area contributed by atoms with Gasteiger partial charge in [-0.15, -0.1) is 0 Å². The third kappa shape index (κ3) is 2.92. The second-order valence-corrected chi connectivity index (χ2v) is 4.40. The lowest BCUT2D eigenvalue weighted by Crippen LogP contribution is -2.23. The Bertz CT molecular complexity index is 696. The molecule has 4 N–H and O–H groups in total. The van der Waals surface area contributed by atoms with Crippen LogP contribution in [0.1, 0.15) is 15.9 Å². The normalized spacial score (nSPS) is 10.4. The molecule has 0 saturated heterocycles. The lowest BCUT2D eigenvalue weighted by Gasteiger charge is -2.09. The summed E-state index contributed by atoms with van der Waals surface area (Å²) in [6.45, 7) is 0.220. The molecule has 0 unspecified atom stereocenters. The molecule has 1 heterocycles. The van der Waals surface area contributed by atoms with E-state index >= 15 is 0 Å². The fourth-order valence-electron chi connectivity index (χ4n) is 1.62. The monoisotopic (exact) mass is 278 g/mol. The smallest absolute Gasteiger partial charge is 0.347 e. The van der Waals surface area contributed by atoms with Crippen molar-refractivity contribution in [3.63, 3.8) is 0 Å². The molecule has 6 nitrogen and oxygen atoms in total. The van der Waals surface area contributed by atoms with Gasteiger partial charge in [0.25, 0.3) is 0 Å². The van der Waals surface area contributed by atoms with E-state index in [1.54, 1.807) is 12.1 Å². The first kappa shape index (κ1) is 13.1. The van der Waals surface area contributed by atoms with Crippen LogP contribution in [0.15, 0.2) is 35.4 Å². The van der Waals surface area contributed by atoms with Crippen LogP contribution >= 0.6 is 11.6 Å². The topological polar surface area (TPSA) is 104 Å². The fourth-order valence-corrected chi connectivity index (χ4v) is 1.78. The molecule has 1 aromatic carbocycles. The Hall–Kier alpha value is -2.34. The highest BCUT2D eigenvalue weighted by Crippen LogP contribution is 2.15. The number of nitrogen functional groups attached to an aromatic ring is 1. The first-order chi connectivity index (χ1) is 8.97. The number of benzene rings is 1. The minimum atomic E-state index is -0.556. The number of halogens is 1. The van der Waals surface area contributed by atoms with Gasteiger partial charge in [-0.05, 0) is 17.7 Å². The molecule has 0 aliphatic heterocycles. The summed E-state index contributed by atoms with van der Waals surface area (Å²) in [4.78, 5) is 26.2. The van der Waals surface area contributed by atoms with Crippen molar-refractivity contribution >= 4 is 23.2 Å². The minimum absolute atomic E-state index is 0.220. The Morgan fingerprint density at radius 1 is 1.42 bits per heavy atom. The maximum absolute atomic E-state index is 11.5. The Labute approximate surface area is 113 Å². The number of primary amides is 1. The molecule has 0 aliphatic carbocycles. The molecule has 1 aromatic heterocycles. The van der Waals surface area contributed by atoms with Crippen LogP contribution < -0.4 is 17.2 Å². The molecule has 0 bridgehead atoms. The van der Waals surface area contributed by atoms with Gasteiger partial charge in [-0.1, -0.05) is 17.7 Å². The Morgan fingerprint density at radius 3 is 2.79 bits per heavy atom. The number of aromatic nitrogens is 2. The molecule has 19 heavy (non-hydrogen) atoms. The van der Waals surface area contributed by atoms with Gasteiger partial charge in [0, 0.05) is 17.4 Å². The molecular formula is C12H11ClN4O2. The van der Waals surface area contributed by atoms with Gasteiger partial charge in [0.1, 0.15) is 0 Å². The predicted octanol–water partition coefficient (Wildman–Crippen LogP) is 0.626. The summed E-state index contributed by atoms with van der Waals surface area (Å²) in [5.74, 6) is -0.556. The quantitative estimate of drug-likeness (QED) is 0.803. The van der Waals surface area contributed by atoms with E-state index in [0.29, 0.717) is 21.8 Å². The largest absolute Gasteiger partial charge is 0.398 e. The van der Waals surface area contributed by atoms with Crippen molar-refractivity contribution in [2.75, 3.05) is 5.73 Å². The van der Waals surface area contributed by atoms with Crippen molar-refractivity contribution in [1.82, 2.24) is 9.55 Å². The number of carbonyl (C=O) groups excluding carboxylic acids is 1. The summed E-state index contributed by atoms with van der Waals surface area (Å²) < 4.78 is 1.33. The van der Waals surface area contributed by atoms with E-state index in [9.17, 15) is 9.59 Å². The van der Waals surface area contributed by atoms with Crippen LogP contribution in [-0.4, -0.2) is 15.5 Å². The van der Waals surface area contributed by atoms with Crippen molar-refractivity contribution < 1.29 is 4.79 Å². The minimum Gasteiger partial charge on any atom is -0.398 e. The van der Waals surface area contributed by atoms with E-state index in [2.05, 4.69) is 4.98 Å². The van der Waals surface area contributed by atoms with Gasteiger partial charge in [0.05, 0.1) is 17.8 Å². The van der Waals surface area contributed by atoms with Crippen molar-refractivity contribution in [2.45, 2.75) is 6.54 Å². The highest BCUT2D eigenvalue weighted by Gasteiger charge is 2.07. The van der Waals surface area contributed by atoms with Crippen LogP contribution in [0.5, 0.6) is 0 Å². The van der Waals surface area contributed by atoms with E-state index < -0.39 is 11.6 Å². The number of nitrogens with zero attached hydrogens (tertiary/aromatic N) is 2. The zero-order valence-electron chi connectivity index (χ0n) is 9.84. The summed E-state index contributed by atoms with van der Waals surface area (Å²) in [7, 11) is 0. The number of nitrogens with two attached hydrogens (primary N) is 2. The summed E-state index contributed by atoms with van der Waals surface area (Å²) in [6, 6.07) is 4.67. The van der Waals surface area contributed by atoms with Crippen molar-refractivity contribution in [3.05, 3.63) is 57.2 Å². The zero-order valence-corrected chi connectivity index (χ0v) is 10.6. The molecule has 2 aromatic rings. The van der Waals surface area contributed by atoms with Crippen LogP contribution in [-0.2, 0) is 6.54 Å². The summed E-state index contributed by atoms with van der Waals surface area (Å²) in [6.07, 6.45) is 2.75. The number of rotatable bonds is 3. The van der Waals surface area contributed by atoms with Crippen LogP contribution in [0.25, 0.3) is 0 Å². The SMILES string of the molecule is NC(=O)c1ccc(Cn2cc(Cl)cnc2=O)c(N)c1. The molecule has 7 heteroatoms. The number of amides is 1. The molecule has 0 fully saturated rings. The van der Waals surface area contributed by atoms with Crippen LogP contribution in [0.4, 0.5) is 5.69 Å². The average molecular weight is 279 g/mol. The van der Waals surface area contributed by atoms with Gasteiger partial charge in [0.2, 0.25) is 5.91 Å². The van der Waals surface area contributed by atoms with Gasteiger partial charge in [0.15, 0.2) is 0 Å². The van der Waals surface area contributed by atoms with Gasteiger partial charge in [-0.3, -0.25) is 9.36 Å².